The summed E-state index contributed by atoms with van der Waals surface area (Å²) in [5.41, 5.74) is 2.86. The average molecular weight is 416 g/mol. The number of rotatable bonds is 8. The Hall–Kier alpha value is -3.18. The van der Waals surface area contributed by atoms with Crippen LogP contribution in [0.15, 0.2) is 66.7 Å². The van der Waals surface area contributed by atoms with Gasteiger partial charge in [0.1, 0.15) is 0 Å². The second-order valence-electron chi connectivity index (χ2n) is 8.31. The van der Waals surface area contributed by atoms with Gasteiger partial charge in [-0.05, 0) is 59.9 Å². The lowest BCUT2D eigenvalue weighted by Crippen LogP contribution is -2.39. The van der Waals surface area contributed by atoms with Gasteiger partial charge in [-0.3, -0.25) is 14.5 Å². The number of carbonyl (C=O) groups is 2. The van der Waals surface area contributed by atoms with E-state index in [0.29, 0.717) is 24.7 Å². The Balaban J connectivity index is 1.37. The third-order valence-corrected chi connectivity index (χ3v) is 5.89. The first-order valence-electron chi connectivity index (χ1n) is 10.9. The lowest BCUT2D eigenvalue weighted by Gasteiger charge is -2.23. The zero-order valence-electron chi connectivity index (χ0n) is 18.1. The highest BCUT2D eigenvalue weighted by Crippen LogP contribution is 2.28. The van der Waals surface area contributed by atoms with Crippen LogP contribution in [-0.4, -0.2) is 36.3 Å². The third-order valence-electron chi connectivity index (χ3n) is 5.89. The first-order chi connectivity index (χ1) is 15.0. The van der Waals surface area contributed by atoms with Crippen LogP contribution in [-0.2, 0) is 11.3 Å². The predicted octanol–water partition coefficient (Wildman–Crippen LogP) is 4.04. The molecule has 160 valence electrons. The smallest absolute Gasteiger partial charge is 0.251 e. The molecule has 0 heterocycles. The number of fused-ring (bicyclic) bond motifs is 1. The van der Waals surface area contributed by atoms with Crippen molar-refractivity contribution in [2.24, 2.45) is 0 Å². The summed E-state index contributed by atoms with van der Waals surface area (Å²) in [7, 11) is 1.63. The van der Waals surface area contributed by atoms with Gasteiger partial charge in [-0.15, -0.1) is 0 Å². The van der Waals surface area contributed by atoms with Gasteiger partial charge in [0, 0.05) is 25.2 Å². The number of hydrogen-bond acceptors (Lipinski definition) is 3. The molecule has 0 saturated heterocycles. The van der Waals surface area contributed by atoms with Crippen molar-refractivity contribution in [3.05, 3.63) is 83.4 Å². The zero-order valence-corrected chi connectivity index (χ0v) is 18.1. The monoisotopic (exact) mass is 415 g/mol. The second kappa shape index (κ2) is 9.31. The van der Waals surface area contributed by atoms with Gasteiger partial charge < -0.3 is 10.6 Å². The van der Waals surface area contributed by atoms with E-state index in [0.717, 1.165) is 24.0 Å². The molecule has 3 aromatic carbocycles. The highest BCUT2D eigenvalue weighted by Gasteiger charge is 2.30. The van der Waals surface area contributed by atoms with Crippen LogP contribution >= 0.6 is 0 Å². The Labute approximate surface area is 183 Å². The van der Waals surface area contributed by atoms with Gasteiger partial charge in [-0.2, -0.15) is 0 Å². The summed E-state index contributed by atoms with van der Waals surface area (Å²) >= 11 is 0. The molecule has 1 aliphatic carbocycles. The van der Waals surface area contributed by atoms with Crippen LogP contribution in [0.2, 0.25) is 0 Å². The Kier molecular flexibility index (Phi) is 6.33. The maximum absolute atomic E-state index is 12.8. The minimum absolute atomic E-state index is 0.0366. The highest BCUT2D eigenvalue weighted by molar-refractivity contribution is 5.93. The maximum atomic E-state index is 12.8. The van der Waals surface area contributed by atoms with Crippen LogP contribution in [0, 0.1) is 0 Å². The molecule has 0 spiro atoms. The first kappa shape index (κ1) is 21.1. The molecule has 31 heavy (non-hydrogen) atoms. The Morgan fingerprint density at radius 2 is 1.71 bits per heavy atom. The van der Waals surface area contributed by atoms with E-state index in [9.17, 15) is 9.59 Å². The van der Waals surface area contributed by atoms with Crippen molar-refractivity contribution in [2.75, 3.05) is 13.6 Å². The van der Waals surface area contributed by atoms with E-state index < -0.39 is 0 Å². The van der Waals surface area contributed by atoms with Gasteiger partial charge in [0.25, 0.3) is 5.91 Å². The van der Waals surface area contributed by atoms with E-state index in [2.05, 4.69) is 45.9 Å². The fourth-order valence-corrected chi connectivity index (χ4v) is 3.93. The van der Waals surface area contributed by atoms with E-state index in [-0.39, 0.29) is 17.9 Å². The molecule has 2 amide bonds. The fourth-order valence-electron chi connectivity index (χ4n) is 3.93. The molecule has 5 nitrogen and oxygen atoms in total. The molecule has 4 rings (SSSR count). The molecule has 0 aliphatic heterocycles. The van der Waals surface area contributed by atoms with Crippen molar-refractivity contribution in [3.8, 4) is 0 Å². The summed E-state index contributed by atoms with van der Waals surface area (Å²) in [5.74, 6) is -0.0535. The van der Waals surface area contributed by atoms with Crippen LogP contribution in [0.4, 0.5) is 0 Å². The molecule has 1 saturated carbocycles. The molecule has 0 aromatic heterocycles. The SMILES string of the molecule is CNC(=O)c1ccc(CN(CC(=O)NC(C)c2ccc3ccccc3c2)C2CC2)cc1. The van der Waals surface area contributed by atoms with Gasteiger partial charge >= 0.3 is 0 Å². The van der Waals surface area contributed by atoms with Crippen molar-refractivity contribution in [3.63, 3.8) is 0 Å². The lowest BCUT2D eigenvalue weighted by atomic mass is 10.0. The van der Waals surface area contributed by atoms with Gasteiger partial charge in [0.05, 0.1) is 12.6 Å². The largest absolute Gasteiger partial charge is 0.355 e. The van der Waals surface area contributed by atoms with Gasteiger partial charge in [-0.1, -0.05) is 48.5 Å². The fraction of sp³-hybridized carbons (Fsp3) is 0.308. The predicted molar refractivity (Wildman–Crippen MR) is 124 cm³/mol. The molecule has 5 heteroatoms. The molecule has 2 N–H and O–H groups in total. The van der Waals surface area contributed by atoms with E-state index >= 15 is 0 Å². The van der Waals surface area contributed by atoms with Crippen molar-refractivity contribution in [1.29, 1.82) is 0 Å². The minimum atomic E-state index is -0.0901. The zero-order chi connectivity index (χ0) is 21.8. The number of amides is 2. The second-order valence-corrected chi connectivity index (χ2v) is 8.31. The summed E-state index contributed by atoms with van der Waals surface area (Å²) in [6.45, 7) is 3.11. The maximum Gasteiger partial charge on any atom is 0.251 e. The Morgan fingerprint density at radius 1 is 1.00 bits per heavy atom. The lowest BCUT2D eigenvalue weighted by molar-refractivity contribution is -0.123. The summed E-state index contributed by atoms with van der Waals surface area (Å²) in [6, 6.07) is 22.6. The van der Waals surface area contributed by atoms with Gasteiger partial charge in [0.15, 0.2) is 0 Å². The van der Waals surface area contributed by atoms with Crippen LogP contribution < -0.4 is 10.6 Å². The average Bonchev–Trinajstić information content (AvgIpc) is 3.63. The number of nitrogens with one attached hydrogen (secondary N) is 2. The van der Waals surface area contributed by atoms with Gasteiger partial charge in [-0.25, -0.2) is 0 Å². The molecule has 1 atom stereocenters. The topological polar surface area (TPSA) is 61.4 Å². The van der Waals surface area contributed by atoms with Crippen LogP contribution in [0.25, 0.3) is 10.8 Å². The van der Waals surface area contributed by atoms with Crippen molar-refractivity contribution in [1.82, 2.24) is 15.5 Å². The summed E-state index contributed by atoms with van der Waals surface area (Å²) < 4.78 is 0. The van der Waals surface area contributed by atoms with E-state index in [1.54, 1.807) is 7.05 Å². The van der Waals surface area contributed by atoms with Crippen LogP contribution in [0.3, 0.4) is 0 Å². The molecular weight excluding hydrogens is 386 g/mol. The number of hydrogen-bond donors (Lipinski definition) is 2. The molecule has 1 aliphatic rings. The van der Waals surface area contributed by atoms with E-state index in [1.807, 2.05) is 43.3 Å². The summed E-state index contributed by atoms with van der Waals surface area (Å²) in [4.78, 5) is 26.8. The Morgan fingerprint density at radius 3 is 2.39 bits per heavy atom. The molecule has 1 fully saturated rings. The van der Waals surface area contributed by atoms with Crippen molar-refractivity contribution < 1.29 is 9.59 Å². The first-order valence-corrected chi connectivity index (χ1v) is 10.9. The third kappa shape index (κ3) is 5.30. The number of carbonyl (C=O) groups excluding carboxylic acids is 2. The quantitative estimate of drug-likeness (QED) is 0.584. The summed E-state index contributed by atoms with van der Waals surface area (Å²) in [5, 5.41) is 8.18. The summed E-state index contributed by atoms with van der Waals surface area (Å²) in [6.07, 6.45) is 2.26. The van der Waals surface area contributed by atoms with Gasteiger partial charge in [0.2, 0.25) is 5.91 Å². The van der Waals surface area contributed by atoms with E-state index in [4.69, 9.17) is 0 Å². The molecule has 1 unspecified atom stereocenters. The molecular formula is C26H29N3O2. The minimum Gasteiger partial charge on any atom is -0.355 e. The normalized spacial score (nSPS) is 14.4. The van der Waals surface area contributed by atoms with Crippen LogP contribution in [0.5, 0.6) is 0 Å². The number of benzene rings is 3. The van der Waals surface area contributed by atoms with E-state index in [1.165, 1.54) is 10.8 Å². The molecule has 3 aromatic rings. The molecule has 0 radical (unpaired) electrons. The Bertz CT molecular complexity index is 1070. The number of nitrogens with zero attached hydrogens (tertiary/aromatic N) is 1. The molecule has 0 bridgehead atoms. The van der Waals surface area contributed by atoms with Crippen LogP contribution in [0.1, 0.15) is 47.3 Å². The van der Waals surface area contributed by atoms with Crippen molar-refractivity contribution in [2.45, 2.75) is 38.4 Å². The van der Waals surface area contributed by atoms with Crippen molar-refractivity contribution >= 4 is 22.6 Å². The standard InChI is InChI=1S/C26H29N3O2/c1-18(22-12-11-20-5-3-4-6-23(20)15-22)28-25(30)17-29(24-13-14-24)16-19-7-9-21(10-8-19)26(31)27-2/h3-12,15,18,24H,13-14,16-17H2,1-2H3,(H,27,31)(H,28,30). The highest BCUT2D eigenvalue weighted by atomic mass is 16.2.